The lowest BCUT2D eigenvalue weighted by molar-refractivity contribution is -0.119. The number of nitrogens with one attached hydrogen (secondary N) is 1. The largest absolute Gasteiger partial charge is 0.352 e. The van der Waals surface area contributed by atoms with Crippen molar-refractivity contribution in [2.75, 3.05) is 5.75 Å². The van der Waals surface area contributed by atoms with E-state index in [1.165, 1.54) is 48.6 Å². The molecule has 0 radical (unpaired) electrons. The van der Waals surface area contributed by atoms with Crippen LogP contribution in [0.1, 0.15) is 36.8 Å². The van der Waals surface area contributed by atoms with Gasteiger partial charge in [0.15, 0.2) is 0 Å². The highest BCUT2D eigenvalue weighted by Crippen LogP contribution is 2.44. The molecule has 1 amide bonds. The molecule has 0 atom stereocenters. The highest BCUT2D eigenvalue weighted by atomic mass is 32.2. The molecule has 2 fully saturated rings. The van der Waals surface area contributed by atoms with Gasteiger partial charge in [-0.3, -0.25) is 4.79 Å². The fourth-order valence-electron chi connectivity index (χ4n) is 3.18. The van der Waals surface area contributed by atoms with E-state index >= 15 is 0 Å². The van der Waals surface area contributed by atoms with Crippen LogP contribution < -0.4 is 5.32 Å². The number of aromatic nitrogens is 4. The van der Waals surface area contributed by atoms with E-state index in [9.17, 15) is 4.79 Å². The lowest BCUT2D eigenvalue weighted by atomic mass is 10.1. The van der Waals surface area contributed by atoms with Gasteiger partial charge in [0.1, 0.15) is 0 Å². The monoisotopic (exact) mass is 357 g/mol. The predicted octanol–water partition coefficient (Wildman–Crippen LogP) is 2.68. The Kier molecular flexibility index (Phi) is 4.50. The number of aryl methyl sites for hydroxylation is 2. The number of benzene rings is 1. The van der Waals surface area contributed by atoms with Crippen molar-refractivity contribution < 1.29 is 4.79 Å². The van der Waals surface area contributed by atoms with E-state index in [0.717, 1.165) is 5.69 Å². The van der Waals surface area contributed by atoms with Gasteiger partial charge >= 0.3 is 0 Å². The van der Waals surface area contributed by atoms with Crippen LogP contribution in [0.5, 0.6) is 0 Å². The average molecular weight is 357 g/mol. The van der Waals surface area contributed by atoms with Crippen molar-refractivity contribution in [3.8, 4) is 5.69 Å². The first-order valence-corrected chi connectivity index (χ1v) is 9.88. The molecule has 0 aliphatic heterocycles. The summed E-state index contributed by atoms with van der Waals surface area (Å²) >= 11 is 1.39. The van der Waals surface area contributed by atoms with Crippen molar-refractivity contribution in [2.24, 2.45) is 11.8 Å². The summed E-state index contributed by atoms with van der Waals surface area (Å²) in [6.45, 7) is 4.15. The van der Waals surface area contributed by atoms with Crippen LogP contribution in [0.2, 0.25) is 0 Å². The zero-order chi connectivity index (χ0) is 17.4. The Labute approximate surface area is 151 Å². The van der Waals surface area contributed by atoms with E-state index in [-0.39, 0.29) is 5.91 Å². The van der Waals surface area contributed by atoms with Crippen LogP contribution in [0.4, 0.5) is 0 Å². The third kappa shape index (κ3) is 3.86. The van der Waals surface area contributed by atoms with Gasteiger partial charge in [0.2, 0.25) is 11.1 Å². The van der Waals surface area contributed by atoms with Gasteiger partial charge in [-0.2, -0.15) is 4.68 Å². The van der Waals surface area contributed by atoms with Crippen molar-refractivity contribution in [1.82, 2.24) is 25.5 Å². The van der Waals surface area contributed by atoms with Crippen LogP contribution in [0.3, 0.4) is 0 Å². The van der Waals surface area contributed by atoms with Gasteiger partial charge in [0, 0.05) is 6.04 Å². The standard InChI is InChI=1S/C18H23N5OS/c1-11-3-8-15(9-12(11)2)23-18(20-21-22-23)25-10-16(24)19-17(13-4-5-13)14-6-7-14/h3,8-9,13-14,17H,4-7,10H2,1-2H3,(H,19,24). The molecule has 1 N–H and O–H groups in total. The molecule has 132 valence electrons. The molecule has 25 heavy (non-hydrogen) atoms. The molecular weight excluding hydrogens is 334 g/mol. The zero-order valence-electron chi connectivity index (χ0n) is 14.6. The predicted molar refractivity (Wildman–Crippen MR) is 96.7 cm³/mol. The molecular formula is C18H23N5OS. The smallest absolute Gasteiger partial charge is 0.230 e. The first-order chi connectivity index (χ1) is 12.1. The zero-order valence-corrected chi connectivity index (χ0v) is 15.4. The normalized spacial score (nSPS) is 17.1. The quantitative estimate of drug-likeness (QED) is 0.771. The highest BCUT2D eigenvalue weighted by Gasteiger charge is 2.42. The fourth-order valence-corrected chi connectivity index (χ4v) is 3.88. The third-order valence-corrected chi connectivity index (χ3v) is 6.02. The summed E-state index contributed by atoms with van der Waals surface area (Å²) < 4.78 is 1.70. The van der Waals surface area contributed by atoms with Gasteiger partial charge < -0.3 is 5.32 Å². The van der Waals surface area contributed by atoms with Gasteiger partial charge in [0.25, 0.3) is 0 Å². The Balaban J connectivity index is 1.39. The van der Waals surface area contributed by atoms with E-state index in [2.05, 4.69) is 46.8 Å². The number of hydrogen-bond acceptors (Lipinski definition) is 5. The molecule has 2 saturated carbocycles. The summed E-state index contributed by atoms with van der Waals surface area (Å²) in [5.74, 6) is 1.86. The molecule has 0 unspecified atom stereocenters. The number of carbonyl (C=O) groups is 1. The molecule has 4 rings (SSSR count). The van der Waals surface area contributed by atoms with Crippen molar-refractivity contribution in [3.05, 3.63) is 29.3 Å². The molecule has 2 aliphatic carbocycles. The van der Waals surface area contributed by atoms with Crippen molar-refractivity contribution >= 4 is 17.7 Å². The van der Waals surface area contributed by atoms with Gasteiger partial charge in [-0.1, -0.05) is 17.8 Å². The summed E-state index contributed by atoms with van der Waals surface area (Å²) in [4.78, 5) is 12.3. The molecule has 1 aromatic carbocycles. The Morgan fingerprint density at radius 3 is 2.60 bits per heavy atom. The second kappa shape index (κ2) is 6.78. The topological polar surface area (TPSA) is 72.7 Å². The third-order valence-electron chi connectivity index (χ3n) is 5.10. The summed E-state index contributed by atoms with van der Waals surface area (Å²) in [7, 11) is 0. The number of rotatable bonds is 7. The molecule has 7 heteroatoms. The van der Waals surface area contributed by atoms with E-state index in [4.69, 9.17) is 0 Å². The van der Waals surface area contributed by atoms with E-state index in [1.54, 1.807) is 4.68 Å². The lowest BCUT2D eigenvalue weighted by Crippen LogP contribution is -2.39. The number of hydrogen-bond donors (Lipinski definition) is 1. The number of thioether (sulfide) groups is 1. The van der Waals surface area contributed by atoms with E-state index < -0.39 is 0 Å². The van der Waals surface area contributed by atoms with Crippen LogP contribution >= 0.6 is 11.8 Å². The van der Waals surface area contributed by atoms with Gasteiger partial charge in [0.05, 0.1) is 11.4 Å². The first kappa shape index (κ1) is 16.6. The highest BCUT2D eigenvalue weighted by molar-refractivity contribution is 7.99. The minimum absolute atomic E-state index is 0.0865. The average Bonchev–Trinajstić information content (AvgIpc) is 3.52. The Hall–Kier alpha value is -1.89. The number of carbonyl (C=O) groups excluding carboxylic acids is 1. The second-order valence-electron chi connectivity index (χ2n) is 7.20. The van der Waals surface area contributed by atoms with Crippen LogP contribution in [0.25, 0.3) is 5.69 Å². The summed E-state index contributed by atoms with van der Waals surface area (Å²) in [6.07, 6.45) is 5.05. The van der Waals surface area contributed by atoms with Gasteiger partial charge in [-0.25, -0.2) is 0 Å². The van der Waals surface area contributed by atoms with Crippen LogP contribution in [-0.4, -0.2) is 37.9 Å². The van der Waals surface area contributed by atoms with Gasteiger partial charge in [-0.05, 0) is 85.1 Å². The molecule has 6 nitrogen and oxygen atoms in total. The minimum Gasteiger partial charge on any atom is -0.352 e. The first-order valence-electron chi connectivity index (χ1n) is 8.90. The molecule has 0 saturated heterocycles. The molecule has 1 heterocycles. The van der Waals surface area contributed by atoms with E-state index in [0.29, 0.717) is 28.8 Å². The van der Waals surface area contributed by atoms with Crippen LogP contribution in [0, 0.1) is 25.7 Å². The van der Waals surface area contributed by atoms with E-state index in [1.807, 2.05) is 6.07 Å². The Morgan fingerprint density at radius 2 is 1.96 bits per heavy atom. The minimum atomic E-state index is 0.0865. The van der Waals surface area contributed by atoms with Crippen molar-refractivity contribution in [3.63, 3.8) is 0 Å². The number of tetrazole rings is 1. The Bertz CT molecular complexity index is 770. The van der Waals surface area contributed by atoms with Gasteiger partial charge in [-0.15, -0.1) is 5.10 Å². The Morgan fingerprint density at radius 1 is 1.24 bits per heavy atom. The molecule has 0 bridgehead atoms. The molecule has 2 aliphatic rings. The molecule has 1 aromatic heterocycles. The SMILES string of the molecule is Cc1ccc(-n2nnnc2SCC(=O)NC(C2CC2)C2CC2)cc1C. The van der Waals surface area contributed by atoms with Crippen LogP contribution in [0.15, 0.2) is 23.4 Å². The molecule has 2 aromatic rings. The molecule has 0 spiro atoms. The number of amides is 1. The maximum Gasteiger partial charge on any atom is 0.230 e. The van der Waals surface area contributed by atoms with Crippen LogP contribution in [-0.2, 0) is 4.79 Å². The maximum atomic E-state index is 12.3. The van der Waals surface area contributed by atoms with Crippen molar-refractivity contribution in [1.29, 1.82) is 0 Å². The van der Waals surface area contributed by atoms with Crippen molar-refractivity contribution in [2.45, 2.75) is 50.7 Å². The lowest BCUT2D eigenvalue weighted by Gasteiger charge is -2.17. The fraction of sp³-hybridized carbons (Fsp3) is 0.556. The second-order valence-corrected chi connectivity index (χ2v) is 8.14. The summed E-state index contributed by atoms with van der Waals surface area (Å²) in [6, 6.07) is 6.51. The summed E-state index contributed by atoms with van der Waals surface area (Å²) in [5.41, 5.74) is 3.35. The number of nitrogens with zero attached hydrogens (tertiary/aromatic N) is 4. The summed E-state index contributed by atoms with van der Waals surface area (Å²) in [5, 5.41) is 15.8. The maximum absolute atomic E-state index is 12.3.